The van der Waals surface area contributed by atoms with Gasteiger partial charge in [0.2, 0.25) is 5.91 Å². The number of piperidine rings is 1. The van der Waals surface area contributed by atoms with E-state index in [0.717, 1.165) is 31.8 Å². The minimum absolute atomic E-state index is 0.206. The molecule has 23 heavy (non-hydrogen) atoms. The van der Waals surface area contributed by atoms with Crippen LogP contribution in [0.4, 0.5) is 0 Å². The molecule has 2 heteroatoms. The van der Waals surface area contributed by atoms with Gasteiger partial charge in [-0.25, -0.2) is 0 Å². The number of fused-ring (bicyclic) bond motifs is 1. The highest BCUT2D eigenvalue weighted by Crippen LogP contribution is 2.59. The Hall–Kier alpha value is -1.31. The van der Waals surface area contributed by atoms with Crippen LogP contribution in [-0.4, -0.2) is 23.9 Å². The van der Waals surface area contributed by atoms with E-state index < -0.39 is 0 Å². The topological polar surface area (TPSA) is 20.3 Å². The summed E-state index contributed by atoms with van der Waals surface area (Å²) < 4.78 is 0. The van der Waals surface area contributed by atoms with Gasteiger partial charge in [0.25, 0.3) is 0 Å². The van der Waals surface area contributed by atoms with Gasteiger partial charge in [-0.1, -0.05) is 52.0 Å². The van der Waals surface area contributed by atoms with Crippen molar-refractivity contribution >= 4 is 5.91 Å². The summed E-state index contributed by atoms with van der Waals surface area (Å²) in [5.74, 6) is 2.20. The quantitative estimate of drug-likeness (QED) is 0.804. The first kappa shape index (κ1) is 15.2. The molecule has 1 saturated heterocycles. The van der Waals surface area contributed by atoms with Crippen molar-refractivity contribution in [2.24, 2.45) is 17.8 Å². The average molecular weight is 311 g/mol. The zero-order valence-corrected chi connectivity index (χ0v) is 14.9. The second kappa shape index (κ2) is 4.84. The normalized spacial score (nSPS) is 35.7. The molecule has 2 nitrogen and oxygen atoms in total. The van der Waals surface area contributed by atoms with Gasteiger partial charge in [-0.2, -0.15) is 0 Å². The summed E-state index contributed by atoms with van der Waals surface area (Å²) in [4.78, 5) is 14.8. The van der Waals surface area contributed by atoms with Crippen molar-refractivity contribution in [2.45, 2.75) is 57.8 Å². The van der Waals surface area contributed by atoms with E-state index in [9.17, 15) is 4.79 Å². The van der Waals surface area contributed by atoms with E-state index in [1.54, 1.807) is 0 Å². The third kappa shape index (κ3) is 2.42. The fourth-order valence-corrected chi connectivity index (χ4v) is 4.76. The van der Waals surface area contributed by atoms with Crippen molar-refractivity contribution in [3.05, 3.63) is 35.4 Å². The van der Waals surface area contributed by atoms with Crippen LogP contribution in [-0.2, 0) is 15.6 Å². The summed E-state index contributed by atoms with van der Waals surface area (Å²) in [6.07, 6.45) is 3.48. The van der Waals surface area contributed by atoms with Crippen LogP contribution in [0, 0.1) is 17.8 Å². The minimum atomic E-state index is 0.206. The summed E-state index contributed by atoms with van der Waals surface area (Å²) >= 11 is 0. The molecule has 1 amide bonds. The Bertz CT molecular complexity index is 620. The molecule has 0 bridgehead atoms. The molecule has 2 atom stereocenters. The molecular formula is C21H29NO. The molecule has 1 aromatic carbocycles. The van der Waals surface area contributed by atoms with E-state index >= 15 is 0 Å². The van der Waals surface area contributed by atoms with E-state index in [4.69, 9.17) is 0 Å². The lowest BCUT2D eigenvalue weighted by Crippen LogP contribution is -2.41. The molecule has 0 aromatic heterocycles. The number of benzene rings is 1. The minimum Gasteiger partial charge on any atom is -0.341 e. The number of rotatable bonds is 2. The molecule has 0 radical (unpaired) electrons. The van der Waals surface area contributed by atoms with Gasteiger partial charge in [0.15, 0.2) is 0 Å². The fraction of sp³-hybridized carbons (Fsp3) is 0.667. The predicted octanol–water partition coefficient (Wildman–Crippen LogP) is 4.13. The molecular weight excluding hydrogens is 282 g/mol. The van der Waals surface area contributed by atoms with Crippen LogP contribution in [0.2, 0.25) is 0 Å². The highest BCUT2D eigenvalue weighted by Gasteiger charge is 2.62. The van der Waals surface area contributed by atoms with E-state index in [1.165, 1.54) is 17.5 Å². The first-order valence-corrected chi connectivity index (χ1v) is 9.19. The number of carbonyl (C=O) groups excluding carboxylic acids is 1. The van der Waals surface area contributed by atoms with Gasteiger partial charge in [-0.05, 0) is 47.6 Å². The van der Waals surface area contributed by atoms with Crippen LogP contribution in [0.1, 0.15) is 58.1 Å². The summed E-state index contributed by atoms with van der Waals surface area (Å²) in [6, 6.07) is 9.22. The van der Waals surface area contributed by atoms with Crippen molar-refractivity contribution in [1.82, 2.24) is 4.90 Å². The first-order chi connectivity index (χ1) is 10.8. The zero-order valence-electron chi connectivity index (χ0n) is 14.9. The van der Waals surface area contributed by atoms with Crippen molar-refractivity contribution in [3.8, 4) is 0 Å². The van der Waals surface area contributed by atoms with Crippen molar-refractivity contribution in [3.63, 3.8) is 0 Å². The highest BCUT2D eigenvalue weighted by atomic mass is 16.2. The fourth-order valence-electron chi connectivity index (χ4n) is 4.76. The monoisotopic (exact) mass is 311 g/mol. The Morgan fingerprint density at radius 3 is 2.39 bits per heavy atom. The summed E-state index contributed by atoms with van der Waals surface area (Å²) in [7, 11) is 0. The Morgan fingerprint density at radius 1 is 1.17 bits per heavy atom. The lowest BCUT2D eigenvalue weighted by atomic mass is 9.75. The molecule has 0 N–H and O–H groups in total. The largest absolute Gasteiger partial charge is 0.341 e. The summed E-state index contributed by atoms with van der Waals surface area (Å²) in [5, 5.41) is 0. The number of nitrogens with zero attached hydrogens (tertiary/aromatic N) is 1. The Kier molecular flexibility index (Phi) is 3.21. The van der Waals surface area contributed by atoms with Crippen LogP contribution in [0.3, 0.4) is 0 Å². The van der Waals surface area contributed by atoms with Gasteiger partial charge < -0.3 is 4.90 Å². The van der Waals surface area contributed by atoms with Gasteiger partial charge in [0, 0.05) is 24.4 Å². The number of carbonyl (C=O) groups is 1. The molecule has 4 rings (SSSR count). The molecule has 2 aliphatic carbocycles. The lowest BCUT2D eigenvalue weighted by molar-refractivity contribution is -0.139. The van der Waals surface area contributed by atoms with Gasteiger partial charge in [0.05, 0.1) is 0 Å². The highest BCUT2D eigenvalue weighted by molar-refractivity contribution is 5.80. The van der Waals surface area contributed by atoms with E-state index in [2.05, 4.69) is 56.9 Å². The smallest absolute Gasteiger partial charge is 0.225 e. The summed E-state index contributed by atoms with van der Waals surface area (Å²) in [6.45, 7) is 11.0. The van der Waals surface area contributed by atoms with Crippen LogP contribution in [0.25, 0.3) is 0 Å². The number of amides is 1. The second-order valence-corrected chi connectivity index (χ2v) is 9.38. The van der Waals surface area contributed by atoms with Crippen molar-refractivity contribution < 1.29 is 4.79 Å². The average Bonchev–Trinajstić information content (AvgIpc) is 3.05. The summed E-state index contributed by atoms with van der Waals surface area (Å²) in [5.41, 5.74) is 3.33. The first-order valence-electron chi connectivity index (χ1n) is 9.19. The SMILES string of the molecule is CC1CC(C(=O)N2C[C@@H]3CC3(c3ccc(C(C)(C)C)cc3)C2)C1. The molecule has 3 aliphatic rings. The Balaban J connectivity index is 1.47. The van der Waals surface area contributed by atoms with Crippen LogP contribution < -0.4 is 0 Å². The molecule has 124 valence electrons. The number of likely N-dealkylation sites (tertiary alicyclic amines) is 1. The predicted molar refractivity (Wildman–Crippen MR) is 93.4 cm³/mol. The standard InChI is InChI=1S/C21H29NO/c1-14-9-15(10-14)19(23)22-12-18-11-21(18,13-22)17-7-5-16(6-8-17)20(2,3)4/h5-8,14-15,18H,9-13H2,1-4H3/t14?,15?,18-,21?/m0/s1. The number of hydrogen-bond acceptors (Lipinski definition) is 1. The van der Waals surface area contributed by atoms with Crippen molar-refractivity contribution in [2.75, 3.05) is 13.1 Å². The maximum atomic E-state index is 12.6. The second-order valence-electron chi connectivity index (χ2n) is 9.38. The third-order valence-electron chi connectivity index (χ3n) is 6.51. The lowest BCUT2D eigenvalue weighted by Gasteiger charge is -2.35. The molecule has 1 unspecified atom stereocenters. The Labute approximate surface area is 140 Å². The molecule has 1 aliphatic heterocycles. The van der Waals surface area contributed by atoms with Gasteiger partial charge in [-0.15, -0.1) is 0 Å². The maximum Gasteiger partial charge on any atom is 0.225 e. The van der Waals surface area contributed by atoms with E-state index in [1.807, 2.05) is 0 Å². The van der Waals surface area contributed by atoms with E-state index in [-0.39, 0.29) is 10.8 Å². The number of hydrogen-bond donors (Lipinski definition) is 0. The molecule has 3 fully saturated rings. The van der Waals surface area contributed by atoms with Crippen LogP contribution in [0.15, 0.2) is 24.3 Å². The molecule has 1 aromatic rings. The van der Waals surface area contributed by atoms with Crippen LogP contribution in [0.5, 0.6) is 0 Å². The third-order valence-corrected chi connectivity index (χ3v) is 6.51. The maximum absolute atomic E-state index is 12.6. The van der Waals surface area contributed by atoms with Gasteiger partial charge in [0.1, 0.15) is 0 Å². The molecule has 2 saturated carbocycles. The van der Waals surface area contributed by atoms with Crippen LogP contribution >= 0.6 is 0 Å². The Morgan fingerprint density at radius 2 is 1.83 bits per heavy atom. The van der Waals surface area contributed by atoms with Gasteiger partial charge in [-0.3, -0.25) is 4.79 Å². The zero-order chi connectivity index (χ0) is 16.4. The van der Waals surface area contributed by atoms with Gasteiger partial charge >= 0.3 is 0 Å². The molecule has 1 heterocycles. The van der Waals surface area contributed by atoms with Crippen molar-refractivity contribution in [1.29, 1.82) is 0 Å². The molecule has 0 spiro atoms. The van der Waals surface area contributed by atoms with E-state index in [0.29, 0.717) is 17.7 Å².